The number of carbonyl (C=O) groups is 1. The van der Waals surface area contributed by atoms with Crippen molar-refractivity contribution in [1.82, 2.24) is 35.0 Å². The maximum absolute atomic E-state index is 12.4. The first kappa shape index (κ1) is 23.2. The second-order valence-electron chi connectivity index (χ2n) is 9.62. The number of nitrogens with one attached hydrogen (secondary N) is 2. The van der Waals surface area contributed by atoms with Crippen molar-refractivity contribution in [3.8, 4) is 0 Å². The first-order chi connectivity index (χ1) is 18.2. The molecule has 10 nitrogen and oxygen atoms in total. The molecule has 37 heavy (non-hydrogen) atoms. The summed E-state index contributed by atoms with van der Waals surface area (Å²) in [6.07, 6.45) is 9.22. The number of piperazine rings is 1. The monoisotopic (exact) mass is 495 g/mol. The van der Waals surface area contributed by atoms with E-state index in [4.69, 9.17) is 4.98 Å². The van der Waals surface area contributed by atoms with Crippen molar-refractivity contribution in [1.29, 1.82) is 0 Å². The van der Waals surface area contributed by atoms with E-state index in [2.05, 4.69) is 58.5 Å². The van der Waals surface area contributed by atoms with Crippen LogP contribution in [0.4, 0.5) is 17.6 Å². The van der Waals surface area contributed by atoms with Gasteiger partial charge in [-0.05, 0) is 30.0 Å². The maximum Gasteiger partial charge on any atom is 0.227 e. The fourth-order valence-corrected chi connectivity index (χ4v) is 4.55. The van der Waals surface area contributed by atoms with Gasteiger partial charge in [0.2, 0.25) is 5.95 Å². The van der Waals surface area contributed by atoms with Crippen molar-refractivity contribution in [2.24, 2.45) is 0 Å². The van der Waals surface area contributed by atoms with E-state index in [-0.39, 0.29) is 5.78 Å². The molecule has 0 spiro atoms. The van der Waals surface area contributed by atoms with Crippen molar-refractivity contribution in [3.05, 3.63) is 83.7 Å². The van der Waals surface area contributed by atoms with Gasteiger partial charge in [0.05, 0.1) is 6.20 Å². The number of Topliss-reactive ketones (excluding diaryl/α,β-unsaturated/α-hetero) is 1. The summed E-state index contributed by atoms with van der Waals surface area (Å²) in [5.74, 6) is 2.89. The van der Waals surface area contributed by atoms with Crippen LogP contribution < -0.4 is 10.2 Å². The van der Waals surface area contributed by atoms with Gasteiger partial charge in [-0.15, -0.1) is 0 Å². The second kappa shape index (κ2) is 10.4. The van der Waals surface area contributed by atoms with Gasteiger partial charge >= 0.3 is 0 Å². The molecule has 2 aliphatic rings. The minimum Gasteiger partial charge on any atom is -0.338 e. The average molecular weight is 496 g/mol. The summed E-state index contributed by atoms with van der Waals surface area (Å²) < 4.78 is 0. The molecule has 2 fully saturated rings. The number of carbonyl (C=O) groups excluding carboxylic acids is 1. The zero-order valence-electron chi connectivity index (χ0n) is 20.5. The second-order valence-corrected chi connectivity index (χ2v) is 9.62. The molecule has 1 aromatic carbocycles. The lowest BCUT2D eigenvalue weighted by Crippen LogP contribution is -2.46. The Bertz CT molecular complexity index is 1340. The lowest BCUT2D eigenvalue weighted by molar-refractivity contribution is 0.0988. The summed E-state index contributed by atoms with van der Waals surface area (Å²) in [7, 11) is 0. The number of anilines is 3. The van der Waals surface area contributed by atoms with E-state index in [1.165, 1.54) is 30.3 Å². The summed E-state index contributed by atoms with van der Waals surface area (Å²) in [6.45, 7) is 4.46. The number of ketones is 1. The third kappa shape index (κ3) is 5.80. The Balaban J connectivity index is 0.997. The van der Waals surface area contributed by atoms with Gasteiger partial charge < -0.3 is 10.2 Å². The van der Waals surface area contributed by atoms with E-state index in [1.54, 1.807) is 18.6 Å². The van der Waals surface area contributed by atoms with Gasteiger partial charge in [0.25, 0.3) is 0 Å². The molecule has 1 aliphatic heterocycles. The predicted octanol–water partition coefficient (Wildman–Crippen LogP) is 3.36. The van der Waals surface area contributed by atoms with Crippen molar-refractivity contribution in [2.75, 3.05) is 36.4 Å². The van der Waals surface area contributed by atoms with Gasteiger partial charge in [0.15, 0.2) is 11.6 Å². The fourth-order valence-electron chi connectivity index (χ4n) is 4.55. The molecule has 4 aromatic rings. The molecule has 6 rings (SSSR count). The number of aromatic nitrogens is 6. The van der Waals surface area contributed by atoms with E-state index in [0.717, 1.165) is 55.9 Å². The number of hydrogen-bond acceptors (Lipinski definition) is 9. The van der Waals surface area contributed by atoms with E-state index in [1.807, 2.05) is 18.2 Å². The molecule has 0 amide bonds. The average Bonchev–Trinajstić information content (AvgIpc) is 3.69. The Labute approximate surface area is 215 Å². The van der Waals surface area contributed by atoms with Crippen LogP contribution in [-0.4, -0.2) is 67.0 Å². The molecule has 0 unspecified atom stereocenters. The lowest BCUT2D eigenvalue weighted by atomic mass is 10.0. The molecule has 1 aliphatic carbocycles. The van der Waals surface area contributed by atoms with E-state index in [9.17, 15) is 4.79 Å². The number of rotatable bonds is 9. The Hall–Kier alpha value is -4.18. The van der Waals surface area contributed by atoms with Gasteiger partial charge in [0, 0.05) is 75.4 Å². The zero-order chi connectivity index (χ0) is 25.0. The van der Waals surface area contributed by atoms with Crippen LogP contribution in [-0.2, 0) is 13.0 Å². The fraction of sp³-hybridized carbons (Fsp3) is 0.333. The number of nitrogens with zero attached hydrogens (tertiary/aromatic N) is 7. The highest BCUT2D eigenvalue weighted by atomic mass is 16.1. The first-order valence-electron chi connectivity index (χ1n) is 12.7. The summed E-state index contributed by atoms with van der Waals surface area (Å²) in [4.78, 5) is 34.3. The molecule has 0 radical (unpaired) electrons. The van der Waals surface area contributed by atoms with Crippen LogP contribution in [0.2, 0.25) is 0 Å². The predicted molar refractivity (Wildman–Crippen MR) is 140 cm³/mol. The third-order valence-corrected chi connectivity index (χ3v) is 6.81. The third-order valence-electron chi connectivity index (χ3n) is 6.81. The first-order valence-corrected chi connectivity index (χ1v) is 12.7. The summed E-state index contributed by atoms with van der Waals surface area (Å²) in [5.41, 5.74) is 3.81. The van der Waals surface area contributed by atoms with Crippen LogP contribution >= 0.6 is 0 Å². The molecule has 188 valence electrons. The maximum atomic E-state index is 12.4. The molecule has 10 heteroatoms. The summed E-state index contributed by atoms with van der Waals surface area (Å²) in [6, 6.07) is 12.2. The molecule has 1 saturated carbocycles. The number of aromatic amines is 1. The van der Waals surface area contributed by atoms with Crippen molar-refractivity contribution < 1.29 is 4.79 Å². The van der Waals surface area contributed by atoms with E-state index < -0.39 is 0 Å². The van der Waals surface area contributed by atoms with Gasteiger partial charge in [-0.25, -0.2) is 9.97 Å². The molecular formula is C27H29N9O. The highest BCUT2D eigenvalue weighted by molar-refractivity contribution is 5.95. The normalized spacial score (nSPS) is 16.1. The minimum atomic E-state index is -0.0224. The number of H-pyrrole nitrogens is 1. The Morgan fingerprint density at radius 2 is 1.76 bits per heavy atom. The zero-order valence-corrected chi connectivity index (χ0v) is 20.5. The van der Waals surface area contributed by atoms with Crippen LogP contribution in [0.5, 0.6) is 0 Å². The van der Waals surface area contributed by atoms with Crippen LogP contribution in [0.3, 0.4) is 0 Å². The Kier molecular flexibility index (Phi) is 6.55. The number of hydrogen-bond donors (Lipinski definition) is 2. The molecule has 0 bridgehead atoms. The number of benzene rings is 1. The van der Waals surface area contributed by atoms with Crippen molar-refractivity contribution >= 4 is 23.4 Å². The Morgan fingerprint density at radius 3 is 2.51 bits per heavy atom. The SMILES string of the molecule is O=C(Cc1ccc(CN2CCN(c3nccc(Nc4cc(C5CC5)[nH]n4)n3)CC2)cc1)c1cnccn1. The van der Waals surface area contributed by atoms with Crippen LogP contribution in [0.25, 0.3) is 0 Å². The van der Waals surface area contributed by atoms with Crippen LogP contribution in [0, 0.1) is 0 Å². The topological polar surface area (TPSA) is 116 Å². The largest absolute Gasteiger partial charge is 0.338 e. The summed E-state index contributed by atoms with van der Waals surface area (Å²) >= 11 is 0. The van der Waals surface area contributed by atoms with Gasteiger partial charge in [-0.2, -0.15) is 10.1 Å². The van der Waals surface area contributed by atoms with Crippen LogP contribution in [0.15, 0.2) is 61.2 Å². The molecule has 0 atom stereocenters. The highest BCUT2D eigenvalue weighted by Gasteiger charge is 2.25. The Morgan fingerprint density at radius 1 is 0.946 bits per heavy atom. The van der Waals surface area contributed by atoms with Crippen LogP contribution in [0.1, 0.15) is 46.1 Å². The lowest BCUT2D eigenvalue weighted by Gasteiger charge is -2.34. The van der Waals surface area contributed by atoms with E-state index >= 15 is 0 Å². The molecule has 4 heterocycles. The van der Waals surface area contributed by atoms with Gasteiger partial charge in [0.1, 0.15) is 11.5 Å². The minimum absolute atomic E-state index is 0.0224. The van der Waals surface area contributed by atoms with E-state index in [0.29, 0.717) is 18.0 Å². The molecule has 1 saturated heterocycles. The molecule has 2 N–H and O–H groups in total. The van der Waals surface area contributed by atoms with Gasteiger partial charge in [-0.1, -0.05) is 24.3 Å². The van der Waals surface area contributed by atoms with Crippen molar-refractivity contribution in [2.45, 2.75) is 31.7 Å². The smallest absolute Gasteiger partial charge is 0.227 e. The standard InChI is InChI=1S/C27H29N9O/c37-24(23-17-28-9-10-29-23)15-19-1-3-20(4-2-19)18-35-11-13-36(14-12-35)27-30-8-7-25(32-27)31-26-16-22(33-34-26)21-5-6-21/h1-4,7-10,16-17,21H,5-6,11-15,18H2,(H2,30,31,32,33,34). The molecule has 3 aromatic heterocycles. The highest BCUT2D eigenvalue weighted by Crippen LogP contribution is 2.39. The van der Waals surface area contributed by atoms with Crippen molar-refractivity contribution in [3.63, 3.8) is 0 Å². The summed E-state index contributed by atoms with van der Waals surface area (Å²) in [5, 5.41) is 10.8. The molecular weight excluding hydrogens is 466 g/mol. The van der Waals surface area contributed by atoms with Gasteiger partial charge in [-0.3, -0.25) is 19.8 Å². The quantitative estimate of drug-likeness (QED) is 0.337.